The summed E-state index contributed by atoms with van der Waals surface area (Å²) in [5, 5.41) is 36.2. The van der Waals surface area contributed by atoms with Crippen molar-refractivity contribution in [2.45, 2.75) is 18.3 Å². The van der Waals surface area contributed by atoms with Crippen LogP contribution >= 0.6 is 7.60 Å². The number of hydrogen-bond donors (Lipinski definition) is 6. The number of rotatable bonds is 7. The topological polar surface area (TPSA) is 159 Å². The summed E-state index contributed by atoms with van der Waals surface area (Å²) in [7, 11) is -4.52. The van der Waals surface area contributed by atoms with E-state index in [0.717, 1.165) is 0 Å². The molecule has 9 nitrogen and oxygen atoms in total. The molecule has 6 N–H and O–H groups in total. The Bertz CT molecular complexity index is 273. The Kier molecular flexibility index (Phi) is 9.95. The molecule has 11 heteroatoms. The van der Waals surface area contributed by atoms with Gasteiger partial charge in [-0.15, -0.1) is 0 Å². The Morgan fingerprint density at radius 3 is 2.00 bits per heavy atom. The van der Waals surface area contributed by atoms with E-state index in [0.29, 0.717) is 0 Å². The van der Waals surface area contributed by atoms with Gasteiger partial charge in [0.2, 0.25) is 6.41 Å². The second kappa shape index (κ2) is 8.54. The number of carbonyl (C=O) groups is 1. The number of aliphatic hydroxyl groups excluding tert-OH is 3. The van der Waals surface area contributed by atoms with Gasteiger partial charge in [0.25, 0.3) is 0 Å². The van der Waals surface area contributed by atoms with E-state index in [1.54, 1.807) is 0 Å². The predicted octanol–water partition coefficient (Wildman–Crippen LogP) is -3.55. The Morgan fingerprint density at radius 1 is 1.18 bits per heavy atom. The maximum absolute atomic E-state index is 10.5. The summed E-state index contributed by atoms with van der Waals surface area (Å²) in [5.41, 5.74) is 0. The standard InChI is InChI=1S/C6H14NO8P.Na.H/c8-3-7(12)1-4(9)6(11)5(10)2-16(13,14)15;;/h3-6,9-12H,1-2H2,(H2,13,14,15);;/t4-,5+,6-;;/m0../s1. The second-order valence-electron chi connectivity index (χ2n) is 3.20. The number of nitrogens with zero attached hydrogens (tertiary/aromatic N) is 1. The summed E-state index contributed by atoms with van der Waals surface area (Å²) in [6, 6.07) is 0. The molecule has 3 atom stereocenters. The van der Waals surface area contributed by atoms with Gasteiger partial charge in [-0.1, -0.05) is 0 Å². The first-order valence-corrected chi connectivity index (χ1v) is 5.96. The van der Waals surface area contributed by atoms with Crippen LogP contribution in [0.3, 0.4) is 0 Å². The van der Waals surface area contributed by atoms with E-state index in [-0.39, 0.29) is 41.0 Å². The van der Waals surface area contributed by atoms with E-state index >= 15 is 0 Å². The predicted molar refractivity (Wildman–Crippen MR) is 56.6 cm³/mol. The number of aliphatic hydroxyl groups is 3. The summed E-state index contributed by atoms with van der Waals surface area (Å²) in [5.74, 6) is 0. The van der Waals surface area contributed by atoms with Crippen molar-refractivity contribution in [1.82, 2.24) is 5.06 Å². The molecule has 0 saturated heterocycles. The molecule has 0 aromatic carbocycles. The Balaban J connectivity index is 0. The fourth-order valence-corrected chi connectivity index (χ4v) is 1.65. The van der Waals surface area contributed by atoms with Crippen LogP contribution in [0.4, 0.5) is 0 Å². The first kappa shape index (κ1) is 19.8. The molecule has 1 amide bonds. The van der Waals surface area contributed by atoms with Crippen LogP contribution in [0.2, 0.25) is 0 Å². The molecule has 0 aliphatic carbocycles. The maximum atomic E-state index is 10.5. The van der Waals surface area contributed by atoms with Crippen molar-refractivity contribution in [2.75, 3.05) is 12.7 Å². The zero-order chi connectivity index (χ0) is 12.9. The molecule has 0 radical (unpaired) electrons. The third-order valence-corrected chi connectivity index (χ3v) is 2.56. The Labute approximate surface area is 119 Å². The molecule has 0 spiro atoms. The van der Waals surface area contributed by atoms with Gasteiger partial charge in [-0.25, -0.2) is 5.06 Å². The first-order valence-electron chi connectivity index (χ1n) is 4.17. The molecule has 0 fully saturated rings. The molecule has 17 heavy (non-hydrogen) atoms. The van der Waals surface area contributed by atoms with Crippen LogP contribution in [0.1, 0.15) is 0 Å². The molecule has 0 rings (SSSR count). The van der Waals surface area contributed by atoms with Gasteiger partial charge in [-0.2, -0.15) is 0 Å². The van der Waals surface area contributed by atoms with Crippen molar-refractivity contribution >= 4 is 43.6 Å². The molecule has 0 unspecified atom stereocenters. The molecule has 0 aromatic heterocycles. The number of amides is 1. The number of carbonyl (C=O) groups excluding carboxylic acids is 1. The van der Waals surface area contributed by atoms with E-state index in [1.807, 2.05) is 0 Å². The SMILES string of the molecule is O=CN(O)C[C@H](O)[C@H](O)[C@H](O)CP(=O)(O)O.[NaH]. The summed E-state index contributed by atoms with van der Waals surface area (Å²) in [6.45, 7) is -0.692. The van der Waals surface area contributed by atoms with Gasteiger partial charge < -0.3 is 25.1 Å². The average molecular weight is 283 g/mol. The fourth-order valence-electron chi connectivity index (χ4n) is 0.951. The molecule has 0 saturated carbocycles. The van der Waals surface area contributed by atoms with E-state index in [9.17, 15) is 14.5 Å². The van der Waals surface area contributed by atoms with E-state index in [2.05, 4.69) is 0 Å². The number of hydrogen-bond acceptors (Lipinski definition) is 6. The quantitative estimate of drug-likeness (QED) is 0.0920. The molecular weight excluding hydrogens is 268 g/mol. The van der Waals surface area contributed by atoms with Crippen LogP contribution in [0.15, 0.2) is 0 Å². The van der Waals surface area contributed by atoms with Crippen LogP contribution in [-0.4, -0.2) is 102 Å². The van der Waals surface area contributed by atoms with Crippen molar-refractivity contribution in [1.29, 1.82) is 0 Å². The monoisotopic (exact) mass is 283 g/mol. The van der Waals surface area contributed by atoms with E-state index in [1.165, 1.54) is 0 Å². The van der Waals surface area contributed by atoms with E-state index < -0.39 is 38.6 Å². The molecular formula is C6H15NNaO8P. The van der Waals surface area contributed by atoms with Crippen LogP contribution in [0.5, 0.6) is 0 Å². The van der Waals surface area contributed by atoms with Crippen LogP contribution < -0.4 is 0 Å². The second-order valence-corrected chi connectivity index (χ2v) is 4.89. The zero-order valence-corrected chi connectivity index (χ0v) is 9.01. The summed E-state index contributed by atoms with van der Waals surface area (Å²) in [6.07, 6.45) is -6.54. The Morgan fingerprint density at radius 2 is 1.65 bits per heavy atom. The van der Waals surface area contributed by atoms with Gasteiger partial charge in [0, 0.05) is 0 Å². The van der Waals surface area contributed by atoms with Gasteiger partial charge in [-0.3, -0.25) is 14.6 Å². The first-order chi connectivity index (χ1) is 7.17. The molecule has 0 bridgehead atoms. The van der Waals surface area contributed by atoms with Gasteiger partial charge in [0.1, 0.15) is 12.2 Å². The average Bonchev–Trinajstić information content (AvgIpc) is 2.13. The van der Waals surface area contributed by atoms with Crippen molar-refractivity contribution in [3.05, 3.63) is 0 Å². The summed E-state index contributed by atoms with van der Waals surface area (Å²) in [4.78, 5) is 26.9. The number of hydroxylamine groups is 2. The third-order valence-electron chi connectivity index (χ3n) is 1.71. The zero-order valence-electron chi connectivity index (χ0n) is 8.12. The molecule has 98 valence electrons. The normalized spacial score (nSPS) is 16.6. The van der Waals surface area contributed by atoms with Gasteiger partial charge in [0.05, 0.1) is 18.8 Å². The van der Waals surface area contributed by atoms with Crippen LogP contribution in [0.25, 0.3) is 0 Å². The summed E-state index contributed by atoms with van der Waals surface area (Å²) >= 11 is 0. The van der Waals surface area contributed by atoms with Gasteiger partial charge in [-0.05, 0) is 0 Å². The third kappa shape index (κ3) is 9.09. The van der Waals surface area contributed by atoms with Crippen molar-refractivity contribution in [3.8, 4) is 0 Å². The van der Waals surface area contributed by atoms with Gasteiger partial charge >= 0.3 is 37.2 Å². The fraction of sp³-hybridized carbons (Fsp3) is 0.833. The molecule has 0 heterocycles. The van der Waals surface area contributed by atoms with Crippen molar-refractivity contribution in [2.24, 2.45) is 0 Å². The molecule has 0 aromatic rings. The Hall–Kier alpha value is 0.460. The van der Waals surface area contributed by atoms with Gasteiger partial charge in [0.15, 0.2) is 0 Å². The van der Waals surface area contributed by atoms with E-state index in [4.69, 9.17) is 25.2 Å². The molecule has 0 aliphatic heterocycles. The summed E-state index contributed by atoms with van der Waals surface area (Å²) < 4.78 is 10.5. The van der Waals surface area contributed by atoms with Crippen molar-refractivity contribution in [3.63, 3.8) is 0 Å². The molecule has 0 aliphatic rings. The minimum absolute atomic E-state index is 0. The van der Waals surface area contributed by atoms with Crippen LogP contribution in [0, 0.1) is 0 Å². The van der Waals surface area contributed by atoms with Crippen molar-refractivity contribution < 1.29 is 39.7 Å². The minimum atomic E-state index is -4.52. The van der Waals surface area contributed by atoms with Crippen LogP contribution in [-0.2, 0) is 9.36 Å².